The quantitative estimate of drug-likeness (QED) is 0.865. The highest BCUT2D eigenvalue weighted by molar-refractivity contribution is 7.99. The normalized spacial score (nSPS) is 16.1. The molecule has 1 heterocycles. The van der Waals surface area contributed by atoms with Gasteiger partial charge in [0.25, 0.3) is 0 Å². The first-order chi connectivity index (χ1) is 12.1. The molecule has 0 radical (unpaired) electrons. The molecule has 0 unspecified atom stereocenters. The highest BCUT2D eigenvalue weighted by Gasteiger charge is 2.26. The Morgan fingerprint density at radius 2 is 1.88 bits per heavy atom. The summed E-state index contributed by atoms with van der Waals surface area (Å²) >= 11 is 1.61. The summed E-state index contributed by atoms with van der Waals surface area (Å²) in [5.41, 5.74) is 0.787. The van der Waals surface area contributed by atoms with E-state index >= 15 is 0 Å². The summed E-state index contributed by atoms with van der Waals surface area (Å²) in [7, 11) is 0. The minimum Gasteiger partial charge on any atom is -0.354 e. The van der Waals surface area contributed by atoms with Crippen LogP contribution >= 0.6 is 11.8 Å². The van der Waals surface area contributed by atoms with Crippen molar-refractivity contribution in [3.05, 3.63) is 54.6 Å². The van der Waals surface area contributed by atoms with Gasteiger partial charge >= 0.3 is 0 Å². The molecule has 1 atom stereocenters. The van der Waals surface area contributed by atoms with Crippen molar-refractivity contribution in [3.8, 4) is 0 Å². The Bertz CT molecular complexity index is 751. The number of piperazine rings is 1. The van der Waals surface area contributed by atoms with Crippen LogP contribution in [0.2, 0.25) is 0 Å². The summed E-state index contributed by atoms with van der Waals surface area (Å²) in [6.45, 7) is 3.35. The molecular formula is C19H21N3O2S. The summed E-state index contributed by atoms with van der Waals surface area (Å²) in [5, 5.41) is 5.79. The van der Waals surface area contributed by atoms with Crippen LogP contribution in [-0.2, 0) is 9.59 Å². The van der Waals surface area contributed by atoms with Gasteiger partial charge in [-0.05, 0) is 31.2 Å². The summed E-state index contributed by atoms with van der Waals surface area (Å²) in [4.78, 5) is 28.2. The molecule has 2 N–H and O–H groups in total. The Kier molecular flexibility index (Phi) is 5.73. The highest BCUT2D eigenvalue weighted by atomic mass is 32.2. The maximum absolute atomic E-state index is 12.6. The molecule has 6 heteroatoms. The van der Waals surface area contributed by atoms with E-state index in [0.29, 0.717) is 13.1 Å². The van der Waals surface area contributed by atoms with Gasteiger partial charge in [0.1, 0.15) is 0 Å². The Morgan fingerprint density at radius 1 is 1.16 bits per heavy atom. The Balaban J connectivity index is 1.69. The van der Waals surface area contributed by atoms with E-state index in [1.54, 1.807) is 11.8 Å². The van der Waals surface area contributed by atoms with Gasteiger partial charge in [-0.2, -0.15) is 0 Å². The number of carbonyl (C=O) groups is 2. The lowest BCUT2D eigenvalue weighted by Crippen LogP contribution is -2.53. The Hall–Kier alpha value is -2.31. The number of anilines is 1. The molecule has 0 bridgehead atoms. The molecule has 0 saturated carbocycles. The van der Waals surface area contributed by atoms with Gasteiger partial charge in [0, 0.05) is 22.9 Å². The van der Waals surface area contributed by atoms with Crippen LogP contribution in [0.5, 0.6) is 0 Å². The van der Waals surface area contributed by atoms with Crippen molar-refractivity contribution in [2.75, 3.05) is 25.0 Å². The minimum atomic E-state index is -0.360. The van der Waals surface area contributed by atoms with Crippen LogP contribution in [0.4, 0.5) is 5.69 Å². The van der Waals surface area contributed by atoms with Crippen molar-refractivity contribution in [2.24, 2.45) is 0 Å². The van der Waals surface area contributed by atoms with Gasteiger partial charge in [-0.25, -0.2) is 0 Å². The van der Waals surface area contributed by atoms with Crippen molar-refractivity contribution >= 4 is 29.3 Å². The number of benzene rings is 2. The van der Waals surface area contributed by atoms with Crippen LogP contribution in [0.3, 0.4) is 0 Å². The topological polar surface area (TPSA) is 61.4 Å². The molecular weight excluding hydrogens is 334 g/mol. The van der Waals surface area contributed by atoms with Crippen LogP contribution in [0.15, 0.2) is 64.4 Å². The number of hydrogen-bond donors (Lipinski definition) is 2. The predicted molar refractivity (Wildman–Crippen MR) is 99.7 cm³/mol. The smallest absolute Gasteiger partial charge is 0.241 e. The fourth-order valence-electron chi connectivity index (χ4n) is 2.67. The van der Waals surface area contributed by atoms with E-state index in [-0.39, 0.29) is 24.4 Å². The van der Waals surface area contributed by atoms with Crippen molar-refractivity contribution in [1.82, 2.24) is 10.2 Å². The first-order valence-corrected chi connectivity index (χ1v) is 9.08. The summed E-state index contributed by atoms with van der Waals surface area (Å²) < 4.78 is 0. The molecule has 2 aromatic carbocycles. The van der Waals surface area contributed by atoms with E-state index in [0.717, 1.165) is 15.5 Å². The predicted octanol–water partition coefficient (Wildman–Crippen LogP) is 2.60. The molecule has 2 amide bonds. The van der Waals surface area contributed by atoms with E-state index in [1.807, 2.05) is 66.4 Å². The zero-order chi connectivity index (χ0) is 17.6. The van der Waals surface area contributed by atoms with Gasteiger partial charge in [0.05, 0.1) is 18.3 Å². The molecule has 1 aliphatic heterocycles. The lowest BCUT2D eigenvalue weighted by atomic mass is 10.2. The number of para-hydroxylation sites is 1. The van der Waals surface area contributed by atoms with Crippen LogP contribution in [0.1, 0.15) is 6.92 Å². The largest absolute Gasteiger partial charge is 0.354 e. The molecule has 5 nitrogen and oxygen atoms in total. The van der Waals surface area contributed by atoms with E-state index in [4.69, 9.17) is 0 Å². The van der Waals surface area contributed by atoms with Gasteiger partial charge in [-0.15, -0.1) is 0 Å². The van der Waals surface area contributed by atoms with Crippen LogP contribution in [0.25, 0.3) is 0 Å². The van der Waals surface area contributed by atoms with E-state index in [9.17, 15) is 9.59 Å². The third-order valence-electron chi connectivity index (χ3n) is 4.11. The molecule has 2 aromatic rings. The second-order valence-electron chi connectivity index (χ2n) is 5.90. The Labute approximate surface area is 151 Å². The average molecular weight is 355 g/mol. The second-order valence-corrected chi connectivity index (χ2v) is 7.01. The minimum absolute atomic E-state index is 0.0362. The van der Waals surface area contributed by atoms with Crippen molar-refractivity contribution < 1.29 is 9.59 Å². The maximum atomic E-state index is 12.6. The van der Waals surface area contributed by atoms with Crippen LogP contribution < -0.4 is 10.6 Å². The third kappa shape index (κ3) is 4.61. The number of hydrogen-bond acceptors (Lipinski definition) is 4. The average Bonchev–Trinajstić information content (AvgIpc) is 2.63. The first kappa shape index (κ1) is 17.5. The molecule has 0 aliphatic carbocycles. The fraction of sp³-hybridized carbons (Fsp3) is 0.263. The zero-order valence-electron chi connectivity index (χ0n) is 14.1. The SMILES string of the molecule is C[C@H](C(=O)Nc1ccccc1Sc1ccccc1)N1CCNC(=O)C1. The summed E-state index contributed by atoms with van der Waals surface area (Å²) in [5.74, 6) is -0.137. The number of nitrogens with one attached hydrogen (secondary N) is 2. The zero-order valence-corrected chi connectivity index (χ0v) is 14.9. The Morgan fingerprint density at radius 3 is 2.64 bits per heavy atom. The molecule has 0 aromatic heterocycles. The van der Waals surface area contributed by atoms with Gasteiger partial charge in [0.2, 0.25) is 11.8 Å². The van der Waals surface area contributed by atoms with Crippen LogP contribution in [-0.4, -0.2) is 42.4 Å². The van der Waals surface area contributed by atoms with Gasteiger partial charge in [-0.1, -0.05) is 42.1 Å². The number of rotatable bonds is 5. The molecule has 1 aliphatic rings. The van der Waals surface area contributed by atoms with Crippen molar-refractivity contribution in [2.45, 2.75) is 22.8 Å². The van der Waals surface area contributed by atoms with E-state index in [1.165, 1.54) is 0 Å². The lowest BCUT2D eigenvalue weighted by molar-refractivity contribution is -0.127. The van der Waals surface area contributed by atoms with E-state index in [2.05, 4.69) is 10.6 Å². The molecule has 25 heavy (non-hydrogen) atoms. The third-order valence-corrected chi connectivity index (χ3v) is 5.19. The van der Waals surface area contributed by atoms with Gasteiger partial charge in [0.15, 0.2) is 0 Å². The molecule has 0 spiro atoms. The van der Waals surface area contributed by atoms with Crippen molar-refractivity contribution in [1.29, 1.82) is 0 Å². The second kappa shape index (κ2) is 8.18. The molecule has 1 saturated heterocycles. The summed E-state index contributed by atoms with van der Waals surface area (Å²) in [6.07, 6.45) is 0. The molecule has 130 valence electrons. The van der Waals surface area contributed by atoms with Gasteiger partial charge < -0.3 is 10.6 Å². The fourth-order valence-corrected chi connectivity index (χ4v) is 3.59. The van der Waals surface area contributed by atoms with Crippen molar-refractivity contribution in [3.63, 3.8) is 0 Å². The lowest BCUT2D eigenvalue weighted by Gasteiger charge is -2.31. The molecule has 3 rings (SSSR count). The maximum Gasteiger partial charge on any atom is 0.241 e. The molecule has 1 fully saturated rings. The first-order valence-electron chi connectivity index (χ1n) is 8.27. The highest BCUT2D eigenvalue weighted by Crippen LogP contribution is 2.33. The summed E-state index contributed by atoms with van der Waals surface area (Å²) in [6, 6.07) is 17.4. The number of amides is 2. The number of carbonyl (C=O) groups excluding carboxylic acids is 2. The number of nitrogens with zero attached hydrogens (tertiary/aromatic N) is 1. The van der Waals surface area contributed by atoms with Crippen LogP contribution in [0, 0.1) is 0 Å². The van der Waals surface area contributed by atoms with Gasteiger partial charge in [-0.3, -0.25) is 14.5 Å². The van der Waals surface area contributed by atoms with E-state index < -0.39 is 0 Å². The standard InChI is InChI=1S/C19H21N3O2S/c1-14(22-12-11-20-18(23)13-22)19(24)21-16-9-5-6-10-17(16)25-15-7-3-2-4-8-15/h2-10,14H,11-13H2,1H3,(H,20,23)(H,21,24)/t14-/m1/s1. The monoisotopic (exact) mass is 355 g/mol.